The van der Waals surface area contributed by atoms with Gasteiger partial charge in [-0.05, 0) is 19.9 Å². The number of hydrogen-bond acceptors (Lipinski definition) is 6. The zero-order valence-corrected chi connectivity index (χ0v) is 18.6. The van der Waals surface area contributed by atoms with Crippen molar-refractivity contribution in [2.24, 2.45) is 0 Å². The monoisotopic (exact) mass is 495 g/mol. The summed E-state index contributed by atoms with van der Waals surface area (Å²) in [6.45, 7) is 3.78. The SMILES string of the molecule is CCOC(=O)C(C)c1cc(-c2nc(C(Cl)(Cl)Cl)nc(C(Cl)(Cl)Cl)n2)cs1. The highest BCUT2D eigenvalue weighted by Gasteiger charge is 2.34. The van der Waals surface area contributed by atoms with Gasteiger partial charge in [-0.1, -0.05) is 69.6 Å². The van der Waals surface area contributed by atoms with Crippen LogP contribution in [-0.2, 0) is 17.1 Å². The van der Waals surface area contributed by atoms with Crippen molar-refractivity contribution in [3.8, 4) is 11.4 Å². The lowest BCUT2D eigenvalue weighted by Crippen LogP contribution is -2.16. The number of nitrogens with zero attached hydrogens (tertiary/aromatic N) is 3. The topological polar surface area (TPSA) is 65.0 Å². The van der Waals surface area contributed by atoms with E-state index in [1.54, 1.807) is 25.3 Å². The van der Waals surface area contributed by atoms with E-state index in [1.165, 1.54) is 11.3 Å². The number of halogens is 6. The molecular formula is C14H11Cl6N3O2S. The summed E-state index contributed by atoms with van der Waals surface area (Å²) in [5, 5.41) is 1.74. The summed E-state index contributed by atoms with van der Waals surface area (Å²) in [7, 11) is 0. The van der Waals surface area contributed by atoms with Crippen molar-refractivity contribution in [2.75, 3.05) is 6.61 Å². The molecule has 2 rings (SSSR count). The largest absolute Gasteiger partial charge is 0.466 e. The molecule has 0 spiro atoms. The van der Waals surface area contributed by atoms with Crippen LogP contribution < -0.4 is 0 Å². The molecule has 12 heteroatoms. The summed E-state index contributed by atoms with van der Waals surface area (Å²) in [5.74, 6) is -0.988. The Morgan fingerprint density at radius 1 is 1.12 bits per heavy atom. The van der Waals surface area contributed by atoms with E-state index in [2.05, 4.69) is 15.0 Å². The van der Waals surface area contributed by atoms with Crippen molar-refractivity contribution < 1.29 is 9.53 Å². The minimum atomic E-state index is -1.93. The number of esters is 1. The van der Waals surface area contributed by atoms with Crippen molar-refractivity contribution in [1.29, 1.82) is 0 Å². The third-order valence-electron chi connectivity index (χ3n) is 3.09. The van der Waals surface area contributed by atoms with Crippen molar-refractivity contribution in [3.63, 3.8) is 0 Å². The molecule has 2 heterocycles. The average molecular weight is 498 g/mol. The maximum atomic E-state index is 11.9. The van der Waals surface area contributed by atoms with Gasteiger partial charge in [-0.3, -0.25) is 4.79 Å². The van der Waals surface area contributed by atoms with Crippen molar-refractivity contribution in [1.82, 2.24) is 15.0 Å². The lowest BCUT2D eigenvalue weighted by atomic mass is 10.1. The summed E-state index contributed by atoms with van der Waals surface area (Å²) in [5.41, 5.74) is 0.564. The molecule has 0 aliphatic carbocycles. The van der Waals surface area contributed by atoms with Crippen LogP contribution >= 0.6 is 80.9 Å². The molecule has 0 aliphatic heterocycles. The Kier molecular flexibility index (Phi) is 7.27. The minimum absolute atomic E-state index is 0.154. The van der Waals surface area contributed by atoms with Crippen LogP contribution in [0, 0.1) is 0 Å². The number of carbonyl (C=O) groups is 1. The number of ether oxygens (including phenoxy) is 1. The van der Waals surface area contributed by atoms with Gasteiger partial charge < -0.3 is 4.74 Å². The molecule has 2 aromatic rings. The number of rotatable bonds is 4. The van der Waals surface area contributed by atoms with Crippen LogP contribution in [0.25, 0.3) is 11.4 Å². The molecule has 142 valence electrons. The van der Waals surface area contributed by atoms with Crippen molar-refractivity contribution in [2.45, 2.75) is 27.4 Å². The molecule has 0 bridgehead atoms. The molecule has 0 saturated heterocycles. The van der Waals surface area contributed by atoms with Crippen LogP contribution in [-0.4, -0.2) is 27.5 Å². The van der Waals surface area contributed by atoms with E-state index in [9.17, 15) is 4.79 Å². The quantitative estimate of drug-likeness (QED) is 0.387. The Hall–Kier alpha value is -0.0800. The van der Waals surface area contributed by atoms with Crippen LogP contribution in [0.15, 0.2) is 11.4 Å². The summed E-state index contributed by atoms with van der Waals surface area (Å²) in [6.07, 6.45) is 0. The van der Waals surface area contributed by atoms with Crippen LogP contribution in [0.3, 0.4) is 0 Å². The summed E-state index contributed by atoms with van der Waals surface area (Å²) < 4.78 is 1.16. The van der Waals surface area contributed by atoms with Crippen LogP contribution in [0.2, 0.25) is 0 Å². The van der Waals surface area contributed by atoms with Crippen LogP contribution in [0.1, 0.15) is 36.3 Å². The standard InChI is InChI=1S/C14H11Cl6N3O2S/c1-3-25-10(24)6(2)8-4-7(5-26-8)9-21-11(13(15,16)17)23-12(22-9)14(18,19)20/h4-6H,3H2,1-2H3. The maximum absolute atomic E-state index is 11.9. The second-order valence-electron chi connectivity index (χ2n) is 5.01. The van der Waals surface area contributed by atoms with Gasteiger partial charge in [0.1, 0.15) is 0 Å². The molecule has 0 aromatic carbocycles. The second kappa shape index (κ2) is 8.52. The number of hydrogen-bond donors (Lipinski definition) is 0. The molecule has 0 radical (unpaired) electrons. The molecule has 0 N–H and O–H groups in total. The van der Waals surface area contributed by atoms with Crippen molar-refractivity contribution >= 4 is 86.9 Å². The number of carbonyl (C=O) groups excluding carboxylic acids is 1. The van der Waals surface area contributed by atoms with E-state index in [0.717, 1.165) is 4.88 Å². The van der Waals surface area contributed by atoms with E-state index in [-0.39, 0.29) is 23.4 Å². The van der Waals surface area contributed by atoms with E-state index in [1.807, 2.05) is 0 Å². The summed E-state index contributed by atoms with van der Waals surface area (Å²) in [6, 6.07) is 1.73. The predicted octanol–water partition coefficient (Wildman–Crippen LogP) is 5.92. The number of alkyl halides is 6. The van der Waals surface area contributed by atoms with Crippen LogP contribution in [0.5, 0.6) is 0 Å². The third-order valence-corrected chi connectivity index (χ3v) is 5.22. The van der Waals surface area contributed by atoms with Gasteiger partial charge in [-0.2, -0.15) is 0 Å². The minimum Gasteiger partial charge on any atom is -0.466 e. The van der Waals surface area contributed by atoms with E-state index in [0.29, 0.717) is 12.2 Å². The van der Waals surface area contributed by atoms with Gasteiger partial charge in [0.05, 0.1) is 12.5 Å². The molecule has 1 unspecified atom stereocenters. The molecular weight excluding hydrogens is 487 g/mol. The molecule has 5 nitrogen and oxygen atoms in total. The Morgan fingerprint density at radius 3 is 2.12 bits per heavy atom. The van der Waals surface area contributed by atoms with Crippen LogP contribution in [0.4, 0.5) is 0 Å². The fraction of sp³-hybridized carbons (Fsp3) is 0.429. The Labute approximate surface area is 183 Å². The Bertz CT molecular complexity index is 770. The zero-order chi connectivity index (χ0) is 19.7. The van der Waals surface area contributed by atoms with Gasteiger partial charge >= 0.3 is 5.97 Å². The Morgan fingerprint density at radius 2 is 1.65 bits per heavy atom. The van der Waals surface area contributed by atoms with E-state index in [4.69, 9.17) is 74.3 Å². The lowest BCUT2D eigenvalue weighted by Gasteiger charge is -2.15. The second-order valence-corrected chi connectivity index (χ2v) is 10.5. The maximum Gasteiger partial charge on any atom is 0.313 e. The molecule has 1 atom stereocenters. The van der Waals surface area contributed by atoms with Crippen molar-refractivity contribution in [3.05, 3.63) is 28.0 Å². The summed E-state index contributed by atoms with van der Waals surface area (Å²) >= 11 is 36.5. The zero-order valence-electron chi connectivity index (χ0n) is 13.3. The van der Waals surface area contributed by atoms with E-state index < -0.39 is 13.5 Å². The molecule has 0 saturated carbocycles. The van der Waals surface area contributed by atoms with E-state index >= 15 is 0 Å². The Balaban J connectivity index is 2.47. The lowest BCUT2D eigenvalue weighted by molar-refractivity contribution is -0.144. The first-order valence-electron chi connectivity index (χ1n) is 7.09. The first-order chi connectivity index (χ1) is 11.9. The molecule has 0 amide bonds. The molecule has 2 aromatic heterocycles. The first kappa shape index (κ1) is 22.2. The first-order valence-corrected chi connectivity index (χ1v) is 10.2. The molecule has 0 fully saturated rings. The summed E-state index contributed by atoms with van der Waals surface area (Å²) in [4.78, 5) is 24.8. The van der Waals surface area contributed by atoms with Gasteiger partial charge in [0.2, 0.25) is 7.59 Å². The molecule has 0 aliphatic rings. The normalized spacial score (nSPS) is 13.5. The fourth-order valence-electron chi connectivity index (χ4n) is 1.84. The van der Waals surface area contributed by atoms with Gasteiger partial charge in [0.15, 0.2) is 17.5 Å². The predicted molar refractivity (Wildman–Crippen MR) is 107 cm³/mol. The van der Waals surface area contributed by atoms with Gasteiger partial charge in [-0.15, -0.1) is 11.3 Å². The third kappa shape index (κ3) is 5.47. The smallest absolute Gasteiger partial charge is 0.313 e. The number of thiophene rings is 1. The highest BCUT2D eigenvalue weighted by atomic mass is 35.6. The highest BCUT2D eigenvalue weighted by Crippen LogP contribution is 2.41. The number of aromatic nitrogens is 3. The van der Waals surface area contributed by atoms with Gasteiger partial charge in [0, 0.05) is 15.8 Å². The fourth-order valence-corrected chi connectivity index (χ4v) is 3.28. The highest BCUT2D eigenvalue weighted by molar-refractivity contribution is 7.10. The van der Waals surface area contributed by atoms with Gasteiger partial charge in [-0.25, -0.2) is 15.0 Å². The average Bonchev–Trinajstić information content (AvgIpc) is 3.02. The molecule has 26 heavy (non-hydrogen) atoms. The van der Waals surface area contributed by atoms with Gasteiger partial charge in [0.25, 0.3) is 0 Å².